The van der Waals surface area contributed by atoms with Crippen LogP contribution in [-0.2, 0) is 0 Å². The van der Waals surface area contributed by atoms with Gasteiger partial charge in [-0.3, -0.25) is 4.79 Å². The van der Waals surface area contributed by atoms with Crippen LogP contribution < -0.4 is 10.6 Å². The number of aliphatic hydroxyl groups excluding tert-OH is 1. The Bertz CT molecular complexity index is 1120. The van der Waals surface area contributed by atoms with Gasteiger partial charge < -0.3 is 20.7 Å². The minimum absolute atomic E-state index is 0.274. The van der Waals surface area contributed by atoms with Gasteiger partial charge in [0, 0.05) is 6.04 Å². The molecule has 5 rings (SSSR count). The van der Waals surface area contributed by atoms with Crippen LogP contribution in [0.5, 0.6) is 0 Å². The highest BCUT2D eigenvalue weighted by Gasteiger charge is 2.34. The molecule has 1 aromatic carbocycles. The number of rotatable bonds is 4. The largest absolute Gasteiger partial charge is 0.391 e. The number of benzene rings is 1. The van der Waals surface area contributed by atoms with Crippen LogP contribution in [0.1, 0.15) is 47.6 Å². The first kappa shape index (κ1) is 17.1. The summed E-state index contributed by atoms with van der Waals surface area (Å²) < 4.78 is 14.9. The first-order valence-electron chi connectivity index (χ1n) is 9.38. The molecule has 0 bridgehead atoms. The van der Waals surface area contributed by atoms with Gasteiger partial charge in [-0.05, 0) is 44.9 Å². The van der Waals surface area contributed by atoms with E-state index < -0.39 is 18.0 Å². The Labute approximate surface area is 160 Å². The quantitative estimate of drug-likeness (QED) is 0.557. The number of aromatic amines is 1. The lowest BCUT2D eigenvalue weighted by atomic mass is 10.1. The molecule has 2 aliphatic rings. The molecule has 1 amide bonds. The van der Waals surface area contributed by atoms with Gasteiger partial charge in [0.2, 0.25) is 0 Å². The molecule has 3 heterocycles. The van der Waals surface area contributed by atoms with Gasteiger partial charge in [0.1, 0.15) is 17.2 Å². The SMILES string of the molecule is Cc1nc2ccc(F)c(-c3cc4c([nH]3)C(C(C)O)NC4=O)c2nc1NC1CC1. The molecular formula is C20H20FN5O2. The van der Waals surface area contributed by atoms with Gasteiger partial charge in [-0.25, -0.2) is 14.4 Å². The van der Waals surface area contributed by atoms with E-state index in [2.05, 4.69) is 25.6 Å². The number of nitrogens with zero attached hydrogens (tertiary/aromatic N) is 2. The van der Waals surface area contributed by atoms with Gasteiger partial charge in [0.25, 0.3) is 5.91 Å². The average Bonchev–Trinajstić information content (AvgIpc) is 3.27. The molecule has 2 aromatic heterocycles. The summed E-state index contributed by atoms with van der Waals surface area (Å²) in [6, 6.07) is 4.43. The molecule has 28 heavy (non-hydrogen) atoms. The summed E-state index contributed by atoms with van der Waals surface area (Å²) >= 11 is 0. The Morgan fingerprint density at radius 2 is 2.11 bits per heavy atom. The summed E-state index contributed by atoms with van der Waals surface area (Å²) in [6.45, 7) is 3.48. The fraction of sp³-hybridized carbons (Fsp3) is 0.350. The third kappa shape index (κ3) is 2.63. The number of H-pyrrole nitrogens is 1. The molecule has 8 heteroatoms. The highest BCUT2D eigenvalue weighted by Crippen LogP contribution is 2.36. The van der Waals surface area contributed by atoms with E-state index in [0.29, 0.717) is 39.8 Å². The molecule has 2 unspecified atom stereocenters. The maximum Gasteiger partial charge on any atom is 0.253 e. The Morgan fingerprint density at radius 3 is 2.82 bits per heavy atom. The topological polar surface area (TPSA) is 103 Å². The predicted octanol–water partition coefficient (Wildman–Crippen LogP) is 2.81. The standard InChI is InChI=1S/C20H20FN5O2/c1-8-19(23-10-3-4-10)25-18-13(22-8)6-5-12(21)15(18)14-7-11-17(24-14)16(9(2)27)26-20(11)28/h5-7,9-10,16,24,27H,3-4H2,1-2H3,(H,23,25)(H,26,28). The molecule has 0 saturated heterocycles. The van der Waals surface area contributed by atoms with E-state index in [1.165, 1.54) is 6.07 Å². The van der Waals surface area contributed by atoms with Gasteiger partial charge in [0.05, 0.1) is 45.9 Å². The molecule has 144 valence electrons. The van der Waals surface area contributed by atoms with Crippen LogP contribution in [0.4, 0.5) is 10.2 Å². The van der Waals surface area contributed by atoms with Crippen LogP contribution >= 0.6 is 0 Å². The molecule has 0 radical (unpaired) electrons. The van der Waals surface area contributed by atoms with Gasteiger partial charge >= 0.3 is 0 Å². The highest BCUT2D eigenvalue weighted by molar-refractivity contribution is 6.01. The lowest BCUT2D eigenvalue weighted by Gasteiger charge is -2.14. The second-order valence-corrected chi connectivity index (χ2v) is 7.57. The van der Waals surface area contributed by atoms with E-state index in [9.17, 15) is 14.3 Å². The second-order valence-electron chi connectivity index (χ2n) is 7.57. The van der Waals surface area contributed by atoms with Crippen LogP contribution in [0.25, 0.3) is 22.3 Å². The van der Waals surface area contributed by atoms with Crippen LogP contribution in [-0.4, -0.2) is 38.1 Å². The number of carbonyl (C=O) groups excluding carboxylic acids is 1. The number of halogens is 1. The zero-order valence-corrected chi connectivity index (χ0v) is 15.5. The first-order valence-corrected chi connectivity index (χ1v) is 9.38. The molecule has 1 aliphatic carbocycles. The number of aryl methyl sites for hydroxylation is 1. The number of carbonyl (C=O) groups is 1. The van der Waals surface area contributed by atoms with Crippen LogP contribution in [0.2, 0.25) is 0 Å². The Balaban J connectivity index is 1.68. The molecule has 1 fully saturated rings. The predicted molar refractivity (Wildman–Crippen MR) is 103 cm³/mol. The number of hydrogen-bond donors (Lipinski definition) is 4. The fourth-order valence-corrected chi connectivity index (χ4v) is 3.69. The van der Waals surface area contributed by atoms with Crippen molar-refractivity contribution < 1.29 is 14.3 Å². The molecule has 2 atom stereocenters. The van der Waals surface area contributed by atoms with Crippen LogP contribution in [0.15, 0.2) is 18.2 Å². The number of aliphatic hydroxyl groups is 1. The molecular weight excluding hydrogens is 361 g/mol. The van der Waals surface area contributed by atoms with Gasteiger partial charge in [0.15, 0.2) is 0 Å². The van der Waals surface area contributed by atoms with E-state index >= 15 is 0 Å². The highest BCUT2D eigenvalue weighted by atomic mass is 19.1. The Morgan fingerprint density at radius 1 is 1.32 bits per heavy atom. The summed E-state index contributed by atoms with van der Waals surface area (Å²) in [6.07, 6.45) is 1.41. The molecule has 4 N–H and O–H groups in total. The van der Waals surface area contributed by atoms with Gasteiger partial charge in [-0.2, -0.15) is 0 Å². The third-order valence-electron chi connectivity index (χ3n) is 5.32. The monoisotopic (exact) mass is 381 g/mol. The van der Waals surface area contributed by atoms with Crippen molar-refractivity contribution in [3.05, 3.63) is 41.0 Å². The zero-order valence-electron chi connectivity index (χ0n) is 15.5. The lowest BCUT2D eigenvalue weighted by molar-refractivity contribution is 0.0899. The third-order valence-corrected chi connectivity index (χ3v) is 5.32. The maximum atomic E-state index is 14.9. The zero-order chi connectivity index (χ0) is 19.6. The molecule has 0 spiro atoms. The second kappa shape index (κ2) is 6.00. The minimum atomic E-state index is -0.772. The fourth-order valence-electron chi connectivity index (χ4n) is 3.69. The van der Waals surface area contributed by atoms with Crippen LogP contribution in [0, 0.1) is 12.7 Å². The van der Waals surface area contributed by atoms with Crippen molar-refractivity contribution >= 4 is 22.8 Å². The summed E-state index contributed by atoms with van der Waals surface area (Å²) in [5.41, 5.74) is 3.47. The number of amides is 1. The number of aromatic nitrogens is 3. The van der Waals surface area contributed by atoms with Crippen molar-refractivity contribution in [1.29, 1.82) is 0 Å². The maximum absolute atomic E-state index is 14.9. The van der Waals surface area contributed by atoms with Crippen molar-refractivity contribution in [2.24, 2.45) is 0 Å². The first-order chi connectivity index (χ1) is 13.4. The van der Waals surface area contributed by atoms with Crippen molar-refractivity contribution in [1.82, 2.24) is 20.3 Å². The summed E-state index contributed by atoms with van der Waals surface area (Å²) in [5, 5.41) is 16.0. The van der Waals surface area contributed by atoms with E-state index in [0.717, 1.165) is 18.5 Å². The lowest BCUT2D eigenvalue weighted by Crippen LogP contribution is -2.28. The van der Waals surface area contributed by atoms with E-state index in [1.54, 1.807) is 19.1 Å². The summed E-state index contributed by atoms with van der Waals surface area (Å²) in [4.78, 5) is 24.6. The van der Waals surface area contributed by atoms with Crippen molar-refractivity contribution in [2.75, 3.05) is 5.32 Å². The number of hydrogen-bond acceptors (Lipinski definition) is 5. The smallest absolute Gasteiger partial charge is 0.253 e. The minimum Gasteiger partial charge on any atom is -0.391 e. The van der Waals surface area contributed by atoms with Crippen LogP contribution in [0.3, 0.4) is 0 Å². The van der Waals surface area contributed by atoms with Crippen molar-refractivity contribution in [2.45, 2.75) is 44.9 Å². The van der Waals surface area contributed by atoms with E-state index in [4.69, 9.17) is 0 Å². The van der Waals surface area contributed by atoms with Gasteiger partial charge in [-0.15, -0.1) is 0 Å². The molecule has 7 nitrogen and oxygen atoms in total. The van der Waals surface area contributed by atoms with E-state index in [1.807, 2.05) is 6.92 Å². The number of anilines is 1. The molecule has 3 aromatic rings. The van der Waals surface area contributed by atoms with Gasteiger partial charge in [-0.1, -0.05) is 0 Å². The summed E-state index contributed by atoms with van der Waals surface area (Å²) in [7, 11) is 0. The number of nitrogens with one attached hydrogen (secondary N) is 3. The average molecular weight is 381 g/mol. The summed E-state index contributed by atoms with van der Waals surface area (Å²) in [5.74, 6) is -0.0837. The molecule has 1 saturated carbocycles. The Hall–Kier alpha value is -3.00. The normalized spacial score (nSPS) is 19.6. The number of fused-ring (bicyclic) bond motifs is 2. The Kier molecular flexibility index (Phi) is 3.67. The van der Waals surface area contributed by atoms with Crippen molar-refractivity contribution in [3.8, 4) is 11.3 Å². The van der Waals surface area contributed by atoms with Crippen molar-refractivity contribution in [3.63, 3.8) is 0 Å². The van der Waals surface area contributed by atoms with E-state index in [-0.39, 0.29) is 11.5 Å². The molecule has 1 aliphatic heterocycles.